The molecule has 0 radical (unpaired) electrons. The van der Waals surface area contributed by atoms with Gasteiger partial charge in [0.05, 0.1) is 28.4 Å². The van der Waals surface area contributed by atoms with Gasteiger partial charge in [0.15, 0.2) is 22.7 Å². The Bertz CT molecular complexity index is 1250. The van der Waals surface area contributed by atoms with E-state index in [0.717, 1.165) is 39.9 Å². The van der Waals surface area contributed by atoms with Crippen LogP contribution >= 0.6 is 24.0 Å². The first-order chi connectivity index (χ1) is 18.6. The number of methoxy groups -OCH3 is 6. The van der Waals surface area contributed by atoms with E-state index in [-0.39, 0.29) is 36.8 Å². The standard InChI is InChI=1S/C30H39NO8.HI/c1-29(38-7,27(32)36-5)17-21-15-20-11-12-31-24(13-19-9-10-25(34-3)26(14-19)35-4)23(20)16-22(21)18-30(2,39-8)28(33)37-6;/h9-10,14-16H,11-13,17-18H2,1-8H3;1H. The van der Waals surface area contributed by atoms with E-state index in [4.69, 9.17) is 33.4 Å². The number of esters is 2. The lowest BCUT2D eigenvalue weighted by Crippen LogP contribution is -2.43. The van der Waals surface area contributed by atoms with Crippen LogP contribution in [0.4, 0.5) is 0 Å². The normalized spacial score (nSPS) is 15.3. The van der Waals surface area contributed by atoms with Gasteiger partial charge >= 0.3 is 11.9 Å². The third kappa shape index (κ3) is 7.13. The van der Waals surface area contributed by atoms with Crippen LogP contribution in [0.2, 0.25) is 0 Å². The van der Waals surface area contributed by atoms with E-state index in [1.807, 2.05) is 18.2 Å². The molecule has 1 heterocycles. The zero-order valence-electron chi connectivity index (χ0n) is 24.5. The van der Waals surface area contributed by atoms with E-state index in [0.29, 0.717) is 24.5 Å². The summed E-state index contributed by atoms with van der Waals surface area (Å²) in [5.41, 5.74) is 3.31. The zero-order chi connectivity index (χ0) is 28.8. The van der Waals surface area contributed by atoms with Crippen LogP contribution in [-0.2, 0) is 54.2 Å². The predicted octanol–water partition coefficient (Wildman–Crippen LogP) is 4.15. The summed E-state index contributed by atoms with van der Waals surface area (Å²) >= 11 is 0. The molecular weight excluding hydrogens is 629 g/mol. The minimum Gasteiger partial charge on any atom is -0.493 e. The number of rotatable bonds is 12. The Morgan fingerprint density at radius 3 is 1.85 bits per heavy atom. The van der Waals surface area contributed by atoms with Crippen LogP contribution in [0.15, 0.2) is 35.3 Å². The maximum absolute atomic E-state index is 12.7. The SMILES string of the molecule is COC(=O)C(C)(Cc1cc2c(cc1CC(C)(OC)C(=O)OC)C(Cc1ccc(OC)c(OC)c1)=NCC2)OC.I. The van der Waals surface area contributed by atoms with Gasteiger partial charge in [-0.2, -0.15) is 0 Å². The van der Waals surface area contributed by atoms with Crippen molar-refractivity contribution >= 4 is 41.6 Å². The molecule has 220 valence electrons. The Balaban J connectivity index is 0.00000560. The van der Waals surface area contributed by atoms with Gasteiger partial charge in [0.1, 0.15) is 0 Å². The molecule has 2 aromatic rings. The number of nitrogens with zero attached hydrogens (tertiary/aromatic N) is 1. The van der Waals surface area contributed by atoms with Crippen molar-refractivity contribution in [3.63, 3.8) is 0 Å². The fourth-order valence-electron chi connectivity index (χ4n) is 4.89. The van der Waals surface area contributed by atoms with Crippen LogP contribution < -0.4 is 9.47 Å². The van der Waals surface area contributed by atoms with Crippen LogP contribution in [0.25, 0.3) is 0 Å². The monoisotopic (exact) mass is 669 g/mol. The molecule has 0 bridgehead atoms. The maximum atomic E-state index is 12.7. The second-order valence-electron chi connectivity index (χ2n) is 9.93. The number of carbonyl (C=O) groups is 2. The lowest BCUT2D eigenvalue weighted by atomic mass is 9.82. The number of aliphatic imine (C=N–C) groups is 1. The Hall–Kier alpha value is -2.70. The number of ether oxygens (including phenoxy) is 6. The van der Waals surface area contributed by atoms with Crippen molar-refractivity contribution < 1.29 is 38.0 Å². The molecule has 2 aromatic carbocycles. The summed E-state index contributed by atoms with van der Waals surface area (Å²) in [6.45, 7) is 4.03. The molecule has 10 heteroatoms. The minimum absolute atomic E-state index is 0. The first-order valence-electron chi connectivity index (χ1n) is 12.7. The average molecular weight is 670 g/mol. The highest BCUT2D eigenvalue weighted by atomic mass is 127. The van der Waals surface area contributed by atoms with Crippen LogP contribution in [0.5, 0.6) is 11.5 Å². The third-order valence-electron chi connectivity index (χ3n) is 7.43. The Morgan fingerprint density at radius 2 is 1.35 bits per heavy atom. The first-order valence-corrected chi connectivity index (χ1v) is 12.7. The fraction of sp³-hybridized carbons (Fsp3) is 0.500. The Kier molecular flexibility index (Phi) is 12.0. The first kappa shape index (κ1) is 33.5. The Labute approximate surface area is 253 Å². The van der Waals surface area contributed by atoms with E-state index >= 15 is 0 Å². The third-order valence-corrected chi connectivity index (χ3v) is 7.43. The Morgan fingerprint density at radius 1 is 0.800 bits per heavy atom. The van der Waals surface area contributed by atoms with Gasteiger partial charge in [-0.1, -0.05) is 12.1 Å². The van der Waals surface area contributed by atoms with Crippen molar-refractivity contribution in [3.8, 4) is 11.5 Å². The molecule has 0 spiro atoms. The summed E-state index contributed by atoms with van der Waals surface area (Å²) in [5, 5.41) is 0. The highest BCUT2D eigenvalue weighted by Gasteiger charge is 2.39. The van der Waals surface area contributed by atoms with E-state index < -0.39 is 23.1 Å². The maximum Gasteiger partial charge on any atom is 0.338 e. The fourth-order valence-corrected chi connectivity index (χ4v) is 4.89. The summed E-state index contributed by atoms with van der Waals surface area (Å²) in [4.78, 5) is 30.2. The quantitative estimate of drug-likeness (QED) is 0.246. The molecule has 9 nitrogen and oxygen atoms in total. The summed E-state index contributed by atoms with van der Waals surface area (Å²) < 4.78 is 32.2. The lowest BCUT2D eigenvalue weighted by molar-refractivity contribution is -0.164. The molecule has 0 saturated heterocycles. The van der Waals surface area contributed by atoms with Crippen molar-refractivity contribution in [1.29, 1.82) is 0 Å². The number of hydrogen-bond donors (Lipinski definition) is 0. The summed E-state index contributed by atoms with van der Waals surface area (Å²) in [5.74, 6) is 0.341. The zero-order valence-corrected chi connectivity index (χ0v) is 26.9. The second kappa shape index (κ2) is 14.3. The van der Waals surface area contributed by atoms with E-state index in [1.165, 1.54) is 28.4 Å². The number of benzene rings is 2. The molecule has 0 aromatic heterocycles. The van der Waals surface area contributed by atoms with E-state index in [2.05, 4.69) is 12.1 Å². The predicted molar refractivity (Wildman–Crippen MR) is 162 cm³/mol. The van der Waals surface area contributed by atoms with Crippen LogP contribution in [-0.4, -0.2) is 78.1 Å². The van der Waals surface area contributed by atoms with Crippen LogP contribution in [0.1, 0.15) is 41.7 Å². The van der Waals surface area contributed by atoms with Gasteiger partial charge in [0, 0.05) is 45.7 Å². The molecule has 0 fully saturated rings. The smallest absolute Gasteiger partial charge is 0.338 e. The molecule has 40 heavy (non-hydrogen) atoms. The number of carbonyl (C=O) groups excluding carboxylic acids is 2. The van der Waals surface area contributed by atoms with Crippen molar-refractivity contribution in [2.45, 2.75) is 50.7 Å². The van der Waals surface area contributed by atoms with Crippen molar-refractivity contribution in [2.75, 3.05) is 49.2 Å². The molecular formula is C30H40INO8. The van der Waals surface area contributed by atoms with E-state index in [1.54, 1.807) is 28.1 Å². The van der Waals surface area contributed by atoms with Crippen LogP contribution in [0.3, 0.4) is 0 Å². The van der Waals surface area contributed by atoms with Crippen LogP contribution in [0, 0.1) is 0 Å². The van der Waals surface area contributed by atoms with Gasteiger partial charge in [-0.15, -0.1) is 24.0 Å². The molecule has 2 unspecified atom stereocenters. The molecule has 2 atom stereocenters. The number of hydrogen-bond acceptors (Lipinski definition) is 9. The molecule has 1 aliphatic rings. The topological polar surface area (TPSA) is 102 Å². The van der Waals surface area contributed by atoms with Gasteiger partial charge in [-0.25, -0.2) is 9.59 Å². The van der Waals surface area contributed by atoms with Gasteiger partial charge < -0.3 is 28.4 Å². The molecule has 0 N–H and O–H groups in total. The van der Waals surface area contributed by atoms with Gasteiger partial charge in [0.2, 0.25) is 0 Å². The second-order valence-corrected chi connectivity index (χ2v) is 9.93. The molecule has 0 aliphatic carbocycles. The highest BCUT2D eigenvalue weighted by molar-refractivity contribution is 14.0. The van der Waals surface area contributed by atoms with Crippen molar-refractivity contribution in [3.05, 3.63) is 58.1 Å². The summed E-state index contributed by atoms with van der Waals surface area (Å²) in [6, 6.07) is 9.96. The van der Waals surface area contributed by atoms with Crippen molar-refractivity contribution in [1.82, 2.24) is 0 Å². The number of halogens is 1. The summed E-state index contributed by atoms with van der Waals surface area (Å²) in [7, 11) is 8.85. The van der Waals surface area contributed by atoms with Crippen molar-refractivity contribution in [2.24, 2.45) is 4.99 Å². The molecule has 0 saturated carbocycles. The number of fused-ring (bicyclic) bond motifs is 1. The van der Waals surface area contributed by atoms with Gasteiger partial charge in [0.25, 0.3) is 0 Å². The summed E-state index contributed by atoms with van der Waals surface area (Å²) in [6.07, 6.45) is 1.81. The molecule has 3 rings (SSSR count). The highest BCUT2D eigenvalue weighted by Crippen LogP contribution is 2.32. The van der Waals surface area contributed by atoms with Gasteiger partial charge in [-0.3, -0.25) is 4.99 Å². The average Bonchev–Trinajstić information content (AvgIpc) is 2.96. The molecule has 1 aliphatic heterocycles. The minimum atomic E-state index is -1.23. The molecule has 0 amide bonds. The van der Waals surface area contributed by atoms with E-state index in [9.17, 15) is 9.59 Å². The largest absolute Gasteiger partial charge is 0.493 e. The van der Waals surface area contributed by atoms with Gasteiger partial charge in [-0.05, 0) is 66.3 Å². The lowest BCUT2D eigenvalue weighted by Gasteiger charge is -2.30.